The number of esters is 1. The fraction of sp³-hybridized carbons (Fsp3) is 0.381. The van der Waals surface area contributed by atoms with Crippen LogP contribution in [0.15, 0.2) is 52.3 Å². The van der Waals surface area contributed by atoms with Crippen molar-refractivity contribution in [3.8, 4) is 0 Å². The summed E-state index contributed by atoms with van der Waals surface area (Å²) in [5.74, 6) is -1.85. The molecule has 11 heteroatoms. The number of carbonyl (C=O) groups excluding carboxylic acids is 1. The Morgan fingerprint density at radius 2 is 1.66 bits per heavy atom. The molecule has 1 N–H and O–H groups in total. The van der Waals surface area contributed by atoms with Crippen molar-refractivity contribution < 1.29 is 30.8 Å². The van der Waals surface area contributed by atoms with Crippen LogP contribution < -0.4 is 4.72 Å². The van der Waals surface area contributed by atoms with Crippen molar-refractivity contribution in [3.05, 3.63) is 53.8 Å². The molecular weight excluding hydrogens is 459 g/mol. The average molecular weight is 485 g/mol. The van der Waals surface area contributed by atoms with Gasteiger partial charge < -0.3 is 4.74 Å². The number of hydrogen-bond donors (Lipinski definition) is 1. The number of hydrogen-bond acceptors (Lipinski definition) is 6. The van der Waals surface area contributed by atoms with Crippen LogP contribution in [-0.2, 0) is 24.8 Å². The predicted molar refractivity (Wildman–Crippen MR) is 117 cm³/mol. The Hall–Kier alpha value is -2.50. The minimum atomic E-state index is -4.38. The summed E-state index contributed by atoms with van der Waals surface area (Å²) in [6, 6.07) is 7.97. The van der Waals surface area contributed by atoms with Gasteiger partial charge in [-0.1, -0.05) is 19.3 Å². The Morgan fingerprint density at radius 1 is 1.03 bits per heavy atom. The average Bonchev–Trinajstić information content (AvgIpc) is 2.78. The minimum Gasteiger partial charge on any atom is -0.465 e. The van der Waals surface area contributed by atoms with E-state index in [1.54, 1.807) is 7.05 Å². The van der Waals surface area contributed by atoms with Gasteiger partial charge in [-0.2, -0.15) is 4.31 Å². The zero-order valence-corrected chi connectivity index (χ0v) is 19.4. The third-order valence-electron chi connectivity index (χ3n) is 5.51. The normalized spacial score (nSPS) is 15.5. The van der Waals surface area contributed by atoms with E-state index in [1.807, 2.05) is 0 Å². The smallest absolute Gasteiger partial charge is 0.337 e. The van der Waals surface area contributed by atoms with Crippen LogP contribution in [0, 0.1) is 5.82 Å². The molecule has 8 nitrogen and oxygen atoms in total. The first-order valence-electron chi connectivity index (χ1n) is 10.0. The van der Waals surface area contributed by atoms with Crippen LogP contribution in [0.4, 0.5) is 10.1 Å². The van der Waals surface area contributed by atoms with E-state index in [0.29, 0.717) is 0 Å². The summed E-state index contributed by atoms with van der Waals surface area (Å²) in [7, 11) is -5.43. The second-order valence-corrected chi connectivity index (χ2v) is 11.2. The van der Waals surface area contributed by atoms with Gasteiger partial charge in [-0.25, -0.2) is 26.0 Å². The largest absolute Gasteiger partial charge is 0.465 e. The summed E-state index contributed by atoms with van der Waals surface area (Å²) >= 11 is 0. The molecule has 1 saturated carbocycles. The lowest BCUT2D eigenvalue weighted by Gasteiger charge is -2.30. The van der Waals surface area contributed by atoms with E-state index in [0.717, 1.165) is 57.4 Å². The topological polar surface area (TPSA) is 110 Å². The van der Waals surface area contributed by atoms with Crippen molar-refractivity contribution in [1.29, 1.82) is 0 Å². The van der Waals surface area contributed by atoms with Gasteiger partial charge in [0.25, 0.3) is 10.0 Å². The fourth-order valence-corrected chi connectivity index (χ4v) is 6.25. The molecule has 1 fully saturated rings. The summed E-state index contributed by atoms with van der Waals surface area (Å²) in [6.07, 6.45) is 4.69. The minimum absolute atomic E-state index is 0.0346. The van der Waals surface area contributed by atoms with E-state index >= 15 is 0 Å². The molecule has 0 saturated heterocycles. The monoisotopic (exact) mass is 484 g/mol. The Morgan fingerprint density at radius 3 is 2.25 bits per heavy atom. The molecule has 3 rings (SSSR count). The predicted octanol–water partition coefficient (Wildman–Crippen LogP) is 3.37. The first-order chi connectivity index (χ1) is 15.1. The zero-order chi connectivity index (χ0) is 23.5. The number of methoxy groups -OCH3 is 1. The molecule has 1 aliphatic rings. The van der Waals surface area contributed by atoms with Crippen molar-refractivity contribution in [2.24, 2.45) is 0 Å². The number of sulfonamides is 2. The molecular formula is C21H25FN2O6S2. The number of ether oxygens (including phenoxy) is 1. The molecule has 2 aromatic carbocycles. The number of anilines is 1. The molecule has 0 aliphatic heterocycles. The van der Waals surface area contributed by atoms with Crippen molar-refractivity contribution in [2.75, 3.05) is 18.9 Å². The van der Waals surface area contributed by atoms with Gasteiger partial charge in [-0.15, -0.1) is 0 Å². The summed E-state index contributed by atoms with van der Waals surface area (Å²) in [4.78, 5) is 10.9. The van der Waals surface area contributed by atoms with Gasteiger partial charge in [0.15, 0.2) is 0 Å². The number of benzene rings is 2. The van der Waals surface area contributed by atoms with Gasteiger partial charge in [-0.05, 0) is 55.3 Å². The molecule has 0 amide bonds. The molecule has 32 heavy (non-hydrogen) atoms. The molecule has 0 bridgehead atoms. The van der Waals surface area contributed by atoms with Crippen LogP contribution in [0.2, 0.25) is 0 Å². The third kappa shape index (κ3) is 5.11. The number of rotatable bonds is 7. The maximum atomic E-state index is 14.2. The summed E-state index contributed by atoms with van der Waals surface area (Å²) in [5.41, 5.74) is -0.0754. The van der Waals surface area contributed by atoms with Gasteiger partial charge in [0.05, 0.1) is 17.6 Å². The Kier molecular flexibility index (Phi) is 7.21. The lowest BCUT2D eigenvalue weighted by Crippen LogP contribution is -2.38. The molecule has 0 atom stereocenters. The number of nitrogens with zero attached hydrogens (tertiary/aromatic N) is 1. The van der Waals surface area contributed by atoms with E-state index in [1.165, 1.54) is 28.6 Å². The maximum Gasteiger partial charge on any atom is 0.337 e. The van der Waals surface area contributed by atoms with Crippen LogP contribution in [0.25, 0.3) is 0 Å². The van der Waals surface area contributed by atoms with E-state index in [4.69, 9.17) is 0 Å². The summed E-state index contributed by atoms with van der Waals surface area (Å²) in [5, 5.41) is 0. The number of nitrogens with one attached hydrogen (secondary N) is 1. The molecule has 0 radical (unpaired) electrons. The lowest BCUT2D eigenvalue weighted by atomic mass is 9.96. The molecule has 0 heterocycles. The van der Waals surface area contributed by atoms with Crippen LogP contribution in [0.1, 0.15) is 42.5 Å². The highest BCUT2D eigenvalue weighted by Crippen LogP contribution is 2.27. The Bertz CT molecular complexity index is 1190. The standard InChI is InChI=1S/C21H25FN2O6S2/c1-24(17-6-4-3-5-7-17)32(28,29)18-11-9-16(10-12-18)23-31(26,27)20-14-15(21(25)30-2)8-13-19(20)22/h8-14,17,23H,3-7H2,1-2H3. The van der Waals surface area contributed by atoms with Gasteiger partial charge in [0.2, 0.25) is 10.0 Å². The SMILES string of the molecule is COC(=O)c1ccc(F)c(S(=O)(=O)Nc2ccc(S(=O)(=O)N(C)C3CCCCC3)cc2)c1. The second-order valence-electron chi connectivity index (χ2n) is 7.58. The highest BCUT2D eigenvalue weighted by molar-refractivity contribution is 7.92. The molecule has 0 aromatic heterocycles. The summed E-state index contributed by atoms with van der Waals surface area (Å²) < 4.78 is 73.4. The molecule has 0 spiro atoms. The first kappa shape index (κ1) is 24.1. The van der Waals surface area contributed by atoms with Gasteiger partial charge in [0.1, 0.15) is 10.7 Å². The Labute approximate surface area is 187 Å². The van der Waals surface area contributed by atoms with Gasteiger partial charge in [-0.3, -0.25) is 4.72 Å². The zero-order valence-electron chi connectivity index (χ0n) is 17.7. The lowest BCUT2D eigenvalue weighted by molar-refractivity contribution is 0.0600. The van der Waals surface area contributed by atoms with Crippen LogP contribution >= 0.6 is 0 Å². The second kappa shape index (κ2) is 9.55. The van der Waals surface area contributed by atoms with Crippen molar-refractivity contribution >= 4 is 31.7 Å². The summed E-state index contributed by atoms with van der Waals surface area (Å²) in [6.45, 7) is 0. The van der Waals surface area contributed by atoms with E-state index in [-0.39, 0.29) is 22.2 Å². The third-order valence-corrected chi connectivity index (χ3v) is 8.83. The number of carbonyl (C=O) groups is 1. The first-order valence-corrected chi connectivity index (χ1v) is 13.0. The van der Waals surface area contributed by atoms with Gasteiger partial charge >= 0.3 is 5.97 Å². The van der Waals surface area contributed by atoms with E-state index in [2.05, 4.69) is 9.46 Å². The van der Waals surface area contributed by atoms with Crippen molar-refractivity contribution in [1.82, 2.24) is 4.31 Å². The molecule has 2 aromatic rings. The van der Waals surface area contributed by atoms with E-state index < -0.39 is 36.7 Å². The molecule has 1 aliphatic carbocycles. The van der Waals surface area contributed by atoms with Crippen molar-refractivity contribution in [3.63, 3.8) is 0 Å². The quantitative estimate of drug-likeness (QED) is 0.604. The van der Waals surface area contributed by atoms with Crippen LogP contribution in [0.5, 0.6) is 0 Å². The molecule has 0 unspecified atom stereocenters. The Balaban J connectivity index is 1.81. The van der Waals surface area contributed by atoms with Gasteiger partial charge in [0, 0.05) is 18.8 Å². The van der Waals surface area contributed by atoms with Crippen LogP contribution in [-0.4, -0.2) is 47.3 Å². The maximum absolute atomic E-state index is 14.2. The highest BCUT2D eigenvalue weighted by atomic mass is 32.2. The van der Waals surface area contributed by atoms with Crippen molar-refractivity contribution in [2.45, 2.75) is 47.9 Å². The number of halogens is 1. The van der Waals surface area contributed by atoms with E-state index in [9.17, 15) is 26.0 Å². The fourth-order valence-electron chi connectivity index (χ4n) is 3.67. The van der Waals surface area contributed by atoms with Crippen LogP contribution in [0.3, 0.4) is 0 Å². The molecule has 174 valence electrons. The highest BCUT2D eigenvalue weighted by Gasteiger charge is 2.29.